The van der Waals surface area contributed by atoms with E-state index in [0.29, 0.717) is 11.4 Å². The molecule has 12 heavy (non-hydrogen) atoms. The quantitative estimate of drug-likeness (QED) is 0.399. The summed E-state index contributed by atoms with van der Waals surface area (Å²) in [6.07, 6.45) is 0. The van der Waals surface area contributed by atoms with Crippen molar-refractivity contribution < 1.29 is 9.63 Å². The SMILES string of the molecule is NOC(=O)c1cc(N)cc(N)c1. The summed E-state index contributed by atoms with van der Waals surface area (Å²) in [6.45, 7) is 0. The van der Waals surface area contributed by atoms with Gasteiger partial charge in [-0.05, 0) is 18.2 Å². The fraction of sp³-hybridized carbons (Fsp3) is 0. The first-order valence-electron chi connectivity index (χ1n) is 3.20. The minimum absolute atomic E-state index is 0.245. The molecule has 0 aliphatic carbocycles. The lowest BCUT2D eigenvalue weighted by atomic mass is 10.2. The molecule has 0 aliphatic rings. The molecule has 0 amide bonds. The minimum atomic E-state index is -0.658. The standard InChI is InChI=1S/C7H9N3O2/c8-5-1-4(7(11)12-10)2-6(9)3-5/h1-3H,8-10H2. The number of carbonyl (C=O) groups excluding carboxylic acids is 1. The fourth-order valence-electron chi connectivity index (χ4n) is 0.862. The van der Waals surface area contributed by atoms with Gasteiger partial charge in [0.1, 0.15) is 0 Å². The summed E-state index contributed by atoms with van der Waals surface area (Å²) in [5.41, 5.74) is 11.9. The summed E-state index contributed by atoms with van der Waals surface area (Å²) in [4.78, 5) is 14.9. The molecule has 0 unspecified atom stereocenters. The molecule has 1 aromatic carbocycles. The number of nitrogen functional groups attached to an aromatic ring is 2. The van der Waals surface area contributed by atoms with Crippen LogP contribution in [0.4, 0.5) is 11.4 Å². The zero-order chi connectivity index (χ0) is 9.14. The largest absolute Gasteiger partial charge is 0.399 e. The second kappa shape index (κ2) is 3.10. The van der Waals surface area contributed by atoms with E-state index in [1.165, 1.54) is 18.2 Å². The second-order valence-corrected chi connectivity index (χ2v) is 2.29. The molecule has 6 N–H and O–H groups in total. The molecule has 0 saturated heterocycles. The molecule has 64 valence electrons. The Morgan fingerprint density at radius 1 is 1.17 bits per heavy atom. The molecule has 0 fully saturated rings. The third-order valence-electron chi connectivity index (χ3n) is 1.32. The number of hydrogen-bond acceptors (Lipinski definition) is 5. The Morgan fingerprint density at radius 2 is 1.67 bits per heavy atom. The first kappa shape index (κ1) is 8.35. The maximum atomic E-state index is 10.9. The van der Waals surface area contributed by atoms with E-state index < -0.39 is 5.97 Å². The topological polar surface area (TPSA) is 104 Å². The van der Waals surface area contributed by atoms with E-state index in [0.717, 1.165) is 0 Å². The molecule has 0 saturated carbocycles. The van der Waals surface area contributed by atoms with Gasteiger partial charge in [-0.3, -0.25) is 0 Å². The number of nitrogens with two attached hydrogens (primary N) is 3. The van der Waals surface area contributed by atoms with Crippen molar-refractivity contribution in [1.29, 1.82) is 0 Å². The van der Waals surface area contributed by atoms with Crippen LogP contribution < -0.4 is 17.4 Å². The van der Waals surface area contributed by atoms with Crippen LogP contribution in [0.2, 0.25) is 0 Å². The van der Waals surface area contributed by atoms with Gasteiger partial charge in [0.25, 0.3) is 0 Å². The lowest BCUT2D eigenvalue weighted by Gasteiger charge is -2.01. The van der Waals surface area contributed by atoms with Gasteiger partial charge in [-0.25, -0.2) is 4.79 Å². The van der Waals surface area contributed by atoms with Crippen molar-refractivity contribution in [3.8, 4) is 0 Å². The smallest absolute Gasteiger partial charge is 0.356 e. The molecule has 0 bridgehead atoms. The van der Waals surface area contributed by atoms with Crippen LogP contribution in [0.5, 0.6) is 0 Å². The number of benzene rings is 1. The second-order valence-electron chi connectivity index (χ2n) is 2.29. The Bertz CT molecular complexity index is 291. The molecule has 0 heterocycles. The van der Waals surface area contributed by atoms with Crippen molar-refractivity contribution in [2.45, 2.75) is 0 Å². The fourth-order valence-corrected chi connectivity index (χ4v) is 0.862. The first-order valence-corrected chi connectivity index (χ1v) is 3.20. The van der Waals surface area contributed by atoms with Crippen LogP contribution in [-0.4, -0.2) is 5.97 Å². The van der Waals surface area contributed by atoms with E-state index in [9.17, 15) is 4.79 Å². The summed E-state index contributed by atoms with van der Waals surface area (Å²) < 4.78 is 0. The molecule has 1 aromatic rings. The van der Waals surface area contributed by atoms with Crippen LogP contribution in [0, 0.1) is 0 Å². The first-order chi connectivity index (χ1) is 5.63. The van der Waals surface area contributed by atoms with E-state index in [-0.39, 0.29) is 5.56 Å². The number of rotatable bonds is 1. The van der Waals surface area contributed by atoms with Crippen molar-refractivity contribution in [2.24, 2.45) is 5.90 Å². The van der Waals surface area contributed by atoms with Gasteiger partial charge in [0, 0.05) is 11.4 Å². The van der Waals surface area contributed by atoms with Gasteiger partial charge in [0.15, 0.2) is 0 Å². The number of carbonyl (C=O) groups is 1. The maximum absolute atomic E-state index is 10.9. The monoisotopic (exact) mass is 167 g/mol. The van der Waals surface area contributed by atoms with E-state index >= 15 is 0 Å². The summed E-state index contributed by atoms with van der Waals surface area (Å²) in [5, 5.41) is 0. The highest BCUT2D eigenvalue weighted by Crippen LogP contribution is 2.13. The minimum Gasteiger partial charge on any atom is -0.399 e. The Kier molecular flexibility index (Phi) is 2.16. The molecule has 0 spiro atoms. The van der Waals surface area contributed by atoms with E-state index in [1.807, 2.05) is 0 Å². The van der Waals surface area contributed by atoms with Gasteiger partial charge in [-0.15, -0.1) is 0 Å². The molecular weight excluding hydrogens is 158 g/mol. The van der Waals surface area contributed by atoms with Crippen molar-refractivity contribution in [3.63, 3.8) is 0 Å². The number of hydrogen-bond donors (Lipinski definition) is 3. The van der Waals surface area contributed by atoms with Crippen LogP contribution in [0.3, 0.4) is 0 Å². The molecule has 5 nitrogen and oxygen atoms in total. The van der Waals surface area contributed by atoms with Gasteiger partial charge in [-0.1, -0.05) is 0 Å². The highest BCUT2D eigenvalue weighted by atomic mass is 16.7. The Labute approximate surface area is 69.0 Å². The van der Waals surface area contributed by atoms with Crippen LogP contribution in [0.1, 0.15) is 10.4 Å². The predicted molar refractivity (Wildman–Crippen MR) is 44.9 cm³/mol. The predicted octanol–water partition coefficient (Wildman–Crippen LogP) is -0.119. The summed E-state index contributed by atoms with van der Waals surface area (Å²) in [5.74, 6) is 4.01. The molecule has 1 rings (SSSR count). The van der Waals surface area contributed by atoms with E-state index in [4.69, 9.17) is 11.5 Å². The molecule has 0 atom stereocenters. The summed E-state index contributed by atoms with van der Waals surface area (Å²) in [7, 11) is 0. The van der Waals surface area contributed by atoms with Crippen molar-refractivity contribution in [2.75, 3.05) is 11.5 Å². The highest BCUT2D eigenvalue weighted by molar-refractivity contribution is 5.91. The van der Waals surface area contributed by atoms with Gasteiger partial charge < -0.3 is 16.3 Å². The average Bonchev–Trinajstić information content (AvgIpc) is 2.01. The zero-order valence-corrected chi connectivity index (χ0v) is 6.28. The van der Waals surface area contributed by atoms with E-state index in [1.54, 1.807) is 0 Å². The molecule has 5 heteroatoms. The summed E-state index contributed by atoms with van der Waals surface area (Å²) >= 11 is 0. The highest BCUT2D eigenvalue weighted by Gasteiger charge is 2.06. The zero-order valence-electron chi connectivity index (χ0n) is 6.28. The van der Waals surface area contributed by atoms with E-state index in [2.05, 4.69) is 10.7 Å². The molecule has 0 aromatic heterocycles. The Morgan fingerprint density at radius 3 is 2.08 bits per heavy atom. The molecule has 0 aliphatic heterocycles. The Hall–Kier alpha value is -1.75. The van der Waals surface area contributed by atoms with Crippen LogP contribution in [-0.2, 0) is 4.84 Å². The lowest BCUT2D eigenvalue weighted by Crippen LogP contribution is -2.10. The van der Waals surface area contributed by atoms with Crippen molar-refractivity contribution in [1.82, 2.24) is 0 Å². The Balaban J connectivity index is 3.08. The van der Waals surface area contributed by atoms with Crippen LogP contribution in [0.25, 0.3) is 0 Å². The van der Waals surface area contributed by atoms with Gasteiger partial charge in [-0.2, -0.15) is 5.90 Å². The normalized spacial score (nSPS) is 9.42. The van der Waals surface area contributed by atoms with Crippen LogP contribution >= 0.6 is 0 Å². The molecular formula is C7H9N3O2. The lowest BCUT2D eigenvalue weighted by molar-refractivity contribution is 0.0503. The third kappa shape index (κ3) is 1.64. The van der Waals surface area contributed by atoms with Crippen molar-refractivity contribution >= 4 is 17.3 Å². The summed E-state index contributed by atoms with van der Waals surface area (Å²) in [6, 6.07) is 4.41. The number of anilines is 2. The third-order valence-corrected chi connectivity index (χ3v) is 1.32. The van der Waals surface area contributed by atoms with Crippen LogP contribution in [0.15, 0.2) is 18.2 Å². The molecule has 0 radical (unpaired) electrons. The van der Waals surface area contributed by atoms with Gasteiger partial charge in [0.05, 0.1) is 5.56 Å². The maximum Gasteiger partial charge on any atom is 0.356 e. The van der Waals surface area contributed by atoms with Crippen molar-refractivity contribution in [3.05, 3.63) is 23.8 Å². The van der Waals surface area contributed by atoms with Gasteiger partial charge in [0.2, 0.25) is 0 Å². The average molecular weight is 167 g/mol. The van der Waals surface area contributed by atoms with Gasteiger partial charge >= 0.3 is 5.97 Å².